The third kappa shape index (κ3) is 3.81. The highest BCUT2D eigenvalue weighted by Crippen LogP contribution is 2.22. The number of esters is 1. The van der Waals surface area contributed by atoms with Crippen LogP contribution in [0.3, 0.4) is 0 Å². The van der Waals surface area contributed by atoms with Gasteiger partial charge in [0.1, 0.15) is 6.10 Å². The Morgan fingerprint density at radius 3 is 2.60 bits per heavy atom. The van der Waals surface area contributed by atoms with Gasteiger partial charge in [0.15, 0.2) is 6.29 Å². The number of hydrogen-bond donors (Lipinski definition) is 0. The van der Waals surface area contributed by atoms with Gasteiger partial charge in [0.2, 0.25) is 0 Å². The Kier molecular flexibility index (Phi) is 5.15. The molecule has 0 radical (unpaired) electrons. The van der Waals surface area contributed by atoms with Gasteiger partial charge in [-0.05, 0) is 19.1 Å². The van der Waals surface area contributed by atoms with Crippen LogP contribution >= 0.6 is 0 Å². The standard InChI is InChI=1S/C16H22O4/c1-11(2)16-18-10-9-14(20-16)12(3)19-15(17)13-7-5-4-6-8-13/h4-8,11-12,14,16H,9-10H2,1-3H3. The van der Waals surface area contributed by atoms with E-state index in [1.807, 2.05) is 39.0 Å². The third-order valence-electron chi connectivity index (χ3n) is 3.36. The molecule has 1 aromatic rings. The Hall–Kier alpha value is -1.39. The second kappa shape index (κ2) is 6.86. The summed E-state index contributed by atoms with van der Waals surface area (Å²) in [5, 5.41) is 0. The second-order valence-electron chi connectivity index (χ2n) is 5.42. The van der Waals surface area contributed by atoms with Crippen LogP contribution in [0, 0.1) is 5.92 Å². The Morgan fingerprint density at radius 1 is 1.25 bits per heavy atom. The maximum absolute atomic E-state index is 12.0. The van der Waals surface area contributed by atoms with Gasteiger partial charge in [-0.1, -0.05) is 32.0 Å². The summed E-state index contributed by atoms with van der Waals surface area (Å²) in [7, 11) is 0. The minimum absolute atomic E-state index is 0.108. The molecule has 2 rings (SSSR count). The van der Waals surface area contributed by atoms with Crippen molar-refractivity contribution in [2.45, 2.75) is 45.7 Å². The summed E-state index contributed by atoms with van der Waals surface area (Å²) in [5.74, 6) is -0.0240. The van der Waals surface area contributed by atoms with E-state index in [0.29, 0.717) is 12.2 Å². The molecule has 110 valence electrons. The van der Waals surface area contributed by atoms with Crippen LogP contribution in [0.2, 0.25) is 0 Å². The van der Waals surface area contributed by atoms with E-state index in [-0.39, 0.29) is 30.4 Å². The van der Waals surface area contributed by atoms with Crippen molar-refractivity contribution in [3.05, 3.63) is 35.9 Å². The third-order valence-corrected chi connectivity index (χ3v) is 3.36. The molecule has 0 aliphatic carbocycles. The van der Waals surface area contributed by atoms with Gasteiger partial charge in [0.05, 0.1) is 18.3 Å². The summed E-state index contributed by atoms with van der Waals surface area (Å²) in [4.78, 5) is 12.0. The van der Waals surface area contributed by atoms with Gasteiger partial charge >= 0.3 is 5.97 Å². The molecule has 0 spiro atoms. The Labute approximate surface area is 120 Å². The van der Waals surface area contributed by atoms with Crippen LogP contribution in [0.1, 0.15) is 37.6 Å². The fourth-order valence-electron chi connectivity index (χ4n) is 2.16. The molecule has 1 aromatic carbocycles. The van der Waals surface area contributed by atoms with Crippen molar-refractivity contribution in [2.75, 3.05) is 6.61 Å². The quantitative estimate of drug-likeness (QED) is 0.794. The lowest BCUT2D eigenvalue weighted by molar-refractivity contribution is -0.246. The smallest absolute Gasteiger partial charge is 0.338 e. The summed E-state index contributed by atoms with van der Waals surface area (Å²) in [6.07, 6.45) is 0.134. The molecule has 3 atom stereocenters. The van der Waals surface area contributed by atoms with Crippen molar-refractivity contribution >= 4 is 5.97 Å². The Balaban J connectivity index is 1.91. The first-order chi connectivity index (χ1) is 9.58. The first-order valence-corrected chi connectivity index (χ1v) is 7.11. The number of ether oxygens (including phenoxy) is 3. The average Bonchev–Trinajstić information content (AvgIpc) is 2.48. The summed E-state index contributed by atoms with van der Waals surface area (Å²) in [6.45, 7) is 6.61. The molecule has 0 amide bonds. The van der Waals surface area contributed by atoms with Gasteiger partial charge in [-0.2, -0.15) is 0 Å². The lowest BCUT2D eigenvalue weighted by Crippen LogP contribution is -2.42. The SMILES string of the molecule is CC(C)C1OCCC(C(C)OC(=O)c2ccccc2)O1. The van der Waals surface area contributed by atoms with Gasteiger partial charge < -0.3 is 14.2 Å². The average molecular weight is 278 g/mol. The topological polar surface area (TPSA) is 44.8 Å². The summed E-state index contributed by atoms with van der Waals surface area (Å²) in [6, 6.07) is 9.00. The highest BCUT2D eigenvalue weighted by Gasteiger charge is 2.31. The molecule has 1 saturated heterocycles. The first kappa shape index (κ1) is 15.0. The Morgan fingerprint density at radius 2 is 1.95 bits per heavy atom. The number of benzene rings is 1. The van der Waals surface area contributed by atoms with E-state index in [2.05, 4.69) is 0 Å². The molecular formula is C16H22O4. The van der Waals surface area contributed by atoms with Gasteiger partial charge in [-0.15, -0.1) is 0 Å². The highest BCUT2D eigenvalue weighted by molar-refractivity contribution is 5.89. The highest BCUT2D eigenvalue weighted by atomic mass is 16.7. The zero-order chi connectivity index (χ0) is 14.5. The van der Waals surface area contributed by atoms with E-state index in [9.17, 15) is 4.79 Å². The lowest BCUT2D eigenvalue weighted by atomic mass is 10.1. The van der Waals surface area contributed by atoms with Crippen molar-refractivity contribution < 1.29 is 19.0 Å². The predicted molar refractivity (Wildman–Crippen MR) is 75.4 cm³/mol. The molecule has 1 aliphatic rings. The van der Waals surface area contributed by atoms with Crippen molar-refractivity contribution in [1.29, 1.82) is 0 Å². The molecule has 3 unspecified atom stereocenters. The van der Waals surface area contributed by atoms with Crippen molar-refractivity contribution in [3.8, 4) is 0 Å². The fourth-order valence-corrected chi connectivity index (χ4v) is 2.16. The van der Waals surface area contributed by atoms with E-state index in [1.165, 1.54) is 0 Å². The maximum Gasteiger partial charge on any atom is 0.338 e. The minimum Gasteiger partial charge on any atom is -0.456 e. The number of carbonyl (C=O) groups excluding carboxylic acids is 1. The monoisotopic (exact) mass is 278 g/mol. The molecule has 1 heterocycles. The molecule has 0 N–H and O–H groups in total. The van der Waals surface area contributed by atoms with E-state index in [1.54, 1.807) is 12.1 Å². The molecule has 0 aromatic heterocycles. The summed E-state index contributed by atoms with van der Waals surface area (Å²) < 4.78 is 16.9. The zero-order valence-corrected chi connectivity index (χ0v) is 12.2. The maximum atomic E-state index is 12.0. The Bertz CT molecular complexity index is 429. The molecule has 20 heavy (non-hydrogen) atoms. The number of hydrogen-bond acceptors (Lipinski definition) is 4. The van der Waals surface area contributed by atoms with Crippen molar-refractivity contribution in [2.24, 2.45) is 5.92 Å². The molecule has 0 bridgehead atoms. The summed E-state index contributed by atoms with van der Waals surface area (Å²) in [5.41, 5.74) is 0.562. The van der Waals surface area contributed by atoms with E-state index in [4.69, 9.17) is 14.2 Å². The van der Waals surface area contributed by atoms with Crippen LogP contribution in [-0.4, -0.2) is 31.1 Å². The first-order valence-electron chi connectivity index (χ1n) is 7.11. The molecule has 4 heteroatoms. The van der Waals surface area contributed by atoms with E-state index < -0.39 is 0 Å². The van der Waals surface area contributed by atoms with Gasteiger partial charge in [0.25, 0.3) is 0 Å². The minimum atomic E-state index is -0.311. The van der Waals surface area contributed by atoms with Crippen LogP contribution in [0.25, 0.3) is 0 Å². The number of rotatable bonds is 4. The molecule has 1 aliphatic heterocycles. The van der Waals surface area contributed by atoms with Gasteiger partial charge in [-0.3, -0.25) is 0 Å². The van der Waals surface area contributed by atoms with Gasteiger partial charge in [0, 0.05) is 12.3 Å². The van der Waals surface area contributed by atoms with Crippen molar-refractivity contribution in [1.82, 2.24) is 0 Å². The van der Waals surface area contributed by atoms with Crippen LogP contribution in [-0.2, 0) is 14.2 Å². The largest absolute Gasteiger partial charge is 0.456 e. The molecular weight excluding hydrogens is 256 g/mol. The van der Waals surface area contributed by atoms with Gasteiger partial charge in [-0.25, -0.2) is 4.79 Å². The van der Waals surface area contributed by atoms with Crippen LogP contribution < -0.4 is 0 Å². The predicted octanol–water partition coefficient (Wildman–Crippen LogP) is 3.02. The normalized spacial score (nSPS) is 24.4. The van der Waals surface area contributed by atoms with Crippen LogP contribution in [0.15, 0.2) is 30.3 Å². The van der Waals surface area contributed by atoms with Crippen molar-refractivity contribution in [3.63, 3.8) is 0 Å². The lowest BCUT2D eigenvalue weighted by Gasteiger charge is -2.35. The second-order valence-corrected chi connectivity index (χ2v) is 5.42. The molecule has 0 saturated carbocycles. The van der Waals surface area contributed by atoms with Crippen LogP contribution in [0.5, 0.6) is 0 Å². The van der Waals surface area contributed by atoms with E-state index in [0.717, 1.165) is 6.42 Å². The zero-order valence-electron chi connectivity index (χ0n) is 12.2. The number of carbonyl (C=O) groups is 1. The molecule has 1 fully saturated rings. The van der Waals surface area contributed by atoms with Crippen LogP contribution in [0.4, 0.5) is 0 Å². The van der Waals surface area contributed by atoms with E-state index >= 15 is 0 Å². The molecule has 4 nitrogen and oxygen atoms in total. The fraction of sp³-hybridized carbons (Fsp3) is 0.562. The summed E-state index contributed by atoms with van der Waals surface area (Å²) >= 11 is 0.